The average Bonchev–Trinajstić information content (AvgIpc) is 3.10. The van der Waals surface area contributed by atoms with Gasteiger partial charge >= 0.3 is 0 Å². The largest absolute Gasteiger partial charge is 0.334 e. The first kappa shape index (κ1) is 19.2. The normalized spacial score (nSPS) is 21.4. The smallest absolute Gasteiger partial charge is 0.254 e. The first-order valence-corrected chi connectivity index (χ1v) is 10.9. The minimum Gasteiger partial charge on any atom is -0.334 e. The second-order valence-electron chi connectivity index (χ2n) is 8.26. The number of rotatable bonds is 5. The Kier molecular flexibility index (Phi) is 6.42. The number of nitrogens with zero attached hydrogens (tertiary/aromatic N) is 4. The van der Waals surface area contributed by atoms with Crippen molar-refractivity contribution in [3.05, 3.63) is 54.1 Å². The summed E-state index contributed by atoms with van der Waals surface area (Å²) in [7, 11) is 0. The van der Waals surface area contributed by atoms with Crippen molar-refractivity contribution in [2.45, 2.75) is 57.5 Å². The monoisotopic (exact) mass is 380 g/mol. The zero-order chi connectivity index (χ0) is 19.2. The Bertz CT molecular complexity index is 750. The van der Waals surface area contributed by atoms with E-state index in [0.717, 1.165) is 37.1 Å². The lowest BCUT2D eigenvalue weighted by Crippen LogP contribution is -2.49. The molecule has 3 heterocycles. The van der Waals surface area contributed by atoms with Crippen LogP contribution in [0.3, 0.4) is 0 Å². The third-order valence-corrected chi connectivity index (χ3v) is 6.22. The van der Waals surface area contributed by atoms with Crippen molar-refractivity contribution in [2.24, 2.45) is 0 Å². The van der Waals surface area contributed by atoms with Gasteiger partial charge in [0.05, 0.1) is 6.33 Å². The van der Waals surface area contributed by atoms with Gasteiger partial charge in [0, 0.05) is 43.6 Å². The molecule has 150 valence electrons. The second-order valence-corrected chi connectivity index (χ2v) is 8.26. The van der Waals surface area contributed by atoms with E-state index in [9.17, 15) is 4.79 Å². The Hall–Kier alpha value is -2.14. The Morgan fingerprint density at radius 3 is 2.57 bits per heavy atom. The summed E-state index contributed by atoms with van der Waals surface area (Å²) in [5.74, 6) is 0.204. The minimum absolute atomic E-state index is 0.204. The summed E-state index contributed by atoms with van der Waals surface area (Å²) in [6, 6.07) is 8.42. The van der Waals surface area contributed by atoms with Crippen LogP contribution in [0.15, 0.2) is 43.0 Å². The number of hydrogen-bond acceptors (Lipinski definition) is 3. The standard InChI is InChI=1S/C23H32N4O/c28-23(22-11-4-3-9-20(22)17-26-16-12-24-19-26)27-15-8-5-10-21(27)18-25-13-6-1-2-7-14-25/h3-4,9,11-12,16,19,21H,1-2,5-8,10,13-15,17-18H2. The van der Waals surface area contributed by atoms with Crippen LogP contribution in [0.25, 0.3) is 0 Å². The molecule has 0 spiro atoms. The average molecular weight is 381 g/mol. The predicted octanol–water partition coefficient (Wildman–Crippen LogP) is 3.80. The van der Waals surface area contributed by atoms with Crippen LogP contribution in [0.5, 0.6) is 0 Å². The summed E-state index contributed by atoms with van der Waals surface area (Å²) in [5, 5.41) is 0. The molecule has 1 unspecified atom stereocenters. The number of piperidine rings is 1. The SMILES string of the molecule is O=C(c1ccccc1Cn1ccnc1)N1CCCCC1CN1CCCCCC1. The van der Waals surface area contributed by atoms with Gasteiger partial charge in [0.25, 0.3) is 5.91 Å². The molecule has 1 atom stereocenters. The first-order chi connectivity index (χ1) is 13.8. The lowest BCUT2D eigenvalue weighted by atomic mass is 9.98. The maximum absolute atomic E-state index is 13.6. The van der Waals surface area contributed by atoms with Crippen LogP contribution in [0.1, 0.15) is 60.9 Å². The third kappa shape index (κ3) is 4.64. The molecule has 5 nitrogen and oxygen atoms in total. The fourth-order valence-electron chi connectivity index (χ4n) is 4.67. The zero-order valence-electron chi connectivity index (χ0n) is 16.8. The maximum Gasteiger partial charge on any atom is 0.254 e. The minimum atomic E-state index is 0.204. The van der Waals surface area contributed by atoms with Gasteiger partial charge in [0.2, 0.25) is 0 Å². The van der Waals surface area contributed by atoms with Crippen molar-refractivity contribution >= 4 is 5.91 Å². The van der Waals surface area contributed by atoms with Crippen molar-refractivity contribution < 1.29 is 4.79 Å². The van der Waals surface area contributed by atoms with Crippen molar-refractivity contribution in [3.63, 3.8) is 0 Å². The Balaban J connectivity index is 1.50. The summed E-state index contributed by atoms with van der Waals surface area (Å²) >= 11 is 0. The van der Waals surface area contributed by atoms with E-state index in [1.54, 1.807) is 6.20 Å². The quantitative estimate of drug-likeness (QED) is 0.792. The van der Waals surface area contributed by atoms with Crippen LogP contribution < -0.4 is 0 Å². The van der Waals surface area contributed by atoms with Gasteiger partial charge in [0.15, 0.2) is 0 Å². The lowest BCUT2D eigenvalue weighted by molar-refractivity contribution is 0.0546. The van der Waals surface area contributed by atoms with E-state index in [1.165, 1.54) is 45.2 Å². The second kappa shape index (κ2) is 9.37. The van der Waals surface area contributed by atoms with Gasteiger partial charge in [-0.05, 0) is 56.8 Å². The number of amides is 1. The molecule has 0 N–H and O–H groups in total. The fraction of sp³-hybridized carbons (Fsp3) is 0.565. The summed E-state index contributed by atoms with van der Waals surface area (Å²) in [6.45, 7) is 4.99. The van der Waals surface area contributed by atoms with Gasteiger partial charge in [-0.25, -0.2) is 4.98 Å². The van der Waals surface area contributed by atoms with E-state index >= 15 is 0 Å². The van der Waals surface area contributed by atoms with Crippen molar-refractivity contribution in [1.82, 2.24) is 19.4 Å². The van der Waals surface area contributed by atoms with Crippen molar-refractivity contribution in [3.8, 4) is 0 Å². The summed E-state index contributed by atoms with van der Waals surface area (Å²) < 4.78 is 2.02. The van der Waals surface area contributed by atoms with E-state index in [4.69, 9.17) is 0 Å². The summed E-state index contributed by atoms with van der Waals surface area (Å²) in [4.78, 5) is 22.4. The highest BCUT2D eigenvalue weighted by Crippen LogP contribution is 2.23. The van der Waals surface area contributed by atoms with Gasteiger partial charge in [-0.2, -0.15) is 0 Å². The molecule has 2 fully saturated rings. The fourth-order valence-corrected chi connectivity index (χ4v) is 4.67. The summed E-state index contributed by atoms with van der Waals surface area (Å²) in [6.07, 6.45) is 14.3. The Morgan fingerprint density at radius 2 is 1.79 bits per heavy atom. The molecule has 5 heteroatoms. The highest BCUT2D eigenvalue weighted by Gasteiger charge is 2.30. The number of benzene rings is 1. The van der Waals surface area contributed by atoms with Crippen molar-refractivity contribution in [1.29, 1.82) is 0 Å². The van der Waals surface area contributed by atoms with E-state index in [-0.39, 0.29) is 5.91 Å². The van der Waals surface area contributed by atoms with Gasteiger partial charge in [-0.3, -0.25) is 4.79 Å². The van der Waals surface area contributed by atoms with Crippen LogP contribution in [0.2, 0.25) is 0 Å². The third-order valence-electron chi connectivity index (χ3n) is 6.22. The summed E-state index contributed by atoms with van der Waals surface area (Å²) in [5.41, 5.74) is 1.92. The Labute approximate surface area is 168 Å². The highest BCUT2D eigenvalue weighted by atomic mass is 16.2. The van der Waals surface area contributed by atoms with Crippen LogP contribution in [-0.2, 0) is 6.54 Å². The van der Waals surface area contributed by atoms with Gasteiger partial charge in [0.1, 0.15) is 0 Å². The predicted molar refractivity (Wildman–Crippen MR) is 111 cm³/mol. The first-order valence-electron chi connectivity index (χ1n) is 10.9. The van der Waals surface area contributed by atoms with Crippen LogP contribution in [0.4, 0.5) is 0 Å². The van der Waals surface area contributed by atoms with E-state index in [2.05, 4.69) is 20.9 Å². The van der Waals surface area contributed by atoms with Gasteiger partial charge < -0.3 is 14.4 Å². The maximum atomic E-state index is 13.6. The molecule has 0 radical (unpaired) electrons. The number of likely N-dealkylation sites (tertiary alicyclic amines) is 2. The number of carbonyl (C=O) groups is 1. The molecule has 1 amide bonds. The molecule has 2 aromatic rings. The molecule has 1 aromatic heterocycles. The molecule has 2 aliphatic heterocycles. The van der Waals surface area contributed by atoms with Gasteiger partial charge in [-0.15, -0.1) is 0 Å². The Morgan fingerprint density at radius 1 is 1.00 bits per heavy atom. The topological polar surface area (TPSA) is 41.4 Å². The number of aromatic nitrogens is 2. The van der Waals surface area contributed by atoms with Gasteiger partial charge in [-0.1, -0.05) is 31.0 Å². The molecule has 2 saturated heterocycles. The van der Waals surface area contributed by atoms with Crippen molar-refractivity contribution in [2.75, 3.05) is 26.2 Å². The number of imidazole rings is 1. The van der Waals surface area contributed by atoms with E-state index in [0.29, 0.717) is 12.6 Å². The molecular formula is C23H32N4O. The highest BCUT2D eigenvalue weighted by molar-refractivity contribution is 5.96. The molecule has 0 aliphatic carbocycles. The molecule has 4 rings (SSSR count). The van der Waals surface area contributed by atoms with E-state index in [1.807, 2.05) is 35.3 Å². The molecule has 0 bridgehead atoms. The zero-order valence-corrected chi connectivity index (χ0v) is 16.8. The molecule has 28 heavy (non-hydrogen) atoms. The lowest BCUT2D eigenvalue weighted by Gasteiger charge is -2.39. The van der Waals surface area contributed by atoms with Crippen LogP contribution >= 0.6 is 0 Å². The number of carbonyl (C=O) groups excluding carboxylic acids is 1. The molecule has 2 aliphatic rings. The van der Waals surface area contributed by atoms with E-state index < -0.39 is 0 Å². The van der Waals surface area contributed by atoms with Crippen LogP contribution in [-0.4, -0.2) is 57.5 Å². The number of hydrogen-bond donors (Lipinski definition) is 0. The molecular weight excluding hydrogens is 348 g/mol. The molecule has 1 aromatic carbocycles. The van der Waals surface area contributed by atoms with Crippen LogP contribution in [0, 0.1) is 0 Å². The molecule has 0 saturated carbocycles.